The Hall–Kier alpha value is -2.71. The van der Waals surface area contributed by atoms with Crippen molar-refractivity contribution in [2.75, 3.05) is 0 Å². The number of amides is 2. The van der Waals surface area contributed by atoms with E-state index in [0.717, 1.165) is 12.8 Å². The van der Waals surface area contributed by atoms with E-state index in [2.05, 4.69) is 15.4 Å². The van der Waals surface area contributed by atoms with Crippen molar-refractivity contribution in [1.29, 1.82) is 5.53 Å². The molecular formula is C11H11N5O4. The Morgan fingerprint density at radius 2 is 1.90 bits per heavy atom. The summed E-state index contributed by atoms with van der Waals surface area (Å²) >= 11 is 0. The summed E-state index contributed by atoms with van der Waals surface area (Å²) in [5, 5.41) is 4.98. The first-order valence-corrected chi connectivity index (χ1v) is 5.92. The van der Waals surface area contributed by atoms with Crippen LogP contribution < -0.4 is 11.0 Å². The van der Waals surface area contributed by atoms with Crippen LogP contribution in [0.2, 0.25) is 0 Å². The highest BCUT2D eigenvalue weighted by atomic mass is 16.3. The fourth-order valence-corrected chi connectivity index (χ4v) is 2.39. The van der Waals surface area contributed by atoms with Crippen molar-refractivity contribution < 1.29 is 9.59 Å². The van der Waals surface area contributed by atoms with Gasteiger partial charge in [0.15, 0.2) is 0 Å². The Balaban J connectivity index is 2.75. The number of aromatic nitrogens is 1. The molecule has 2 amide bonds. The monoisotopic (exact) mass is 277 g/mol. The summed E-state index contributed by atoms with van der Waals surface area (Å²) < 4.78 is 0. The smallest absolute Gasteiger partial charge is 0.318 e. The van der Waals surface area contributed by atoms with Crippen LogP contribution >= 0.6 is 0 Å². The summed E-state index contributed by atoms with van der Waals surface area (Å²) in [6.45, 7) is 0. The first-order valence-electron chi connectivity index (χ1n) is 5.92. The Bertz CT molecular complexity index is 664. The third-order valence-corrected chi connectivity index (χ3v) is 3.19. The molecule has 1 aliphatic rings. The van der Waals surface area contributed by atoms with Crippen molar-refractivity contribution in [2.45, 2.75) is 25.7 Å². The minimum absolute atomic E-state index is 0.278. The molecule has 0 bridgehead atoms. The van der Waals surface area contributed by atoms with Crippen molar-refractivity contribution >= 4 is 11.8 Å². The first-order chi connectivity index (χ1) is 9.60. The summed E-state index contributed by atoms with van der Waals surface area (Å²) in [4.78, 5) is 48.4. The highest BCUT2D eigenvalue weighted by molar-refractivity contribution is 6.08. The molecule has 1 heterocycles. The second-order valence-electron chi connectivity index (χ2n) is 4.32. The molecule has 0 radical (unpaired) electrons. The van der Waals surface area contributed by atoms with Gasteiger partial charge in [0.05, 0.1) is 5.56 Å². The summed E-state index contributed by atoms with van der Waals surface area (Å²) in [7, 11) is 0. The van der Waals surface area contributed by atoms with Crippen LogP contribution in [-0.2, 0) is 12.8 Å². The van der Waals surface area contributed by atoms with Crippen LogP contribution in [0.25, 0.3) is 0 Å². The number of carbonyl (C=O) groups is 2. The molecular weight excluding hydrogens is 266 g/mol. The summed E-state index contributed by atoms with van der Waals surface area (Å²) in [6, 6.07) is 0. The van der Waals surface area contributed by atoms with E-state index in [9.17, 15) is 19.3 Å². The van der Waals surface area contributed by atoms with Crippen LogP contribution in [0.1, 0.15) is 44.8 Å². The number of hydrogen-bond acceptors (Lipinski definition) is 6. The van der Waals surface area contributed by atoms with Gasteiger partial charge in [-0.15, -0.1) is 4.91 Å². The number of pyridine rings is 1. The molecule has 2 rings (SSSR count). The van der Waals surface area contributed by atoms with E-state index >= 15 is 0 Å². The molecule has 1 aromatic rings. The average molecular weight is 277 g/mol. The fourth-order valence-electron chi connectivity index (χ4n) is 2.39. The summed E-state index contributed by atoms with van der Waals surface area (Å²) in [5.74, 6) is -2.17. The van der Waals surface area contributed by atoms with Crippen LogP contribution in [0.4, 0.5) is 0 Å². The number of rotatable bonds is 3. The zero-order valence-electron chi connectivity index (χ0n) is 10.4. The number of hydrogen-bond donors (Lipinski definition) is 3. The Labute approximate surface area is 112 Å². The first kappa shape index (κ1) is 13.7. The Morgan fingerprint density at radius 3 is 2.55 bits per heavy atom. The van der Waals surface area contributed by atoms with E-state index in [4.69, 9.17) is 5.53 Å². The number of nitroso groups, excluding NO2 is 1. The van der Waals surface area contributed by atoms with Crippen LogP contribution in [-0.4, -0.2) is 16.8 Å². The maximum Gasteiger partial charge on any atom is 0.318 e. The number of H-pyrrole nitrogens is 1. The van der Waals surface area contributed by atoms with Crippen LogP contribution in [0, 0.1) is 10.4 Å². The van der Waals surface area contributed by atoms with Crippen molar-refractivity contribution in [3.05, 3.63) is 37.6 Å². The number of nitrogens with one attached hydrogen (secondary N) is 3. The van der Waals surface area contributed by atoms with E-state index in [-0.39, 0.29) is 5.56 Å². The molecule has 20 heavy (non-hydrogen) atoms. The van der Waals surface area contributed by atoms with Gasteiger partial charge >= 0.3 is 5.91 Å². The number of aromatic amines is 1. The molecule has 1 aromatic heterocycles. The number of nitrogens with zero attached hydrogens (tertiary/aromatic N) is 2. The van der Waals surface area contributed by atoms with Gasteiger partial charge in [0, 0.05) is 10.9 Å². The molecule has 0 atom stereocenters. The van der Waals surface area contributed by atoms with Gasteiger partial charge in [-0.2, -0.15) is 5.53 Å². The zero-order chi connectivity index (χ0) is 14.7. The zero-order valence-corrected chi connectivity index (χ0v) is 10.4. The number of fused-ring (bicyclic) bond motifs is 1. The number of carbonyl (C=O) groups excluding carboxylic acids is 2. The molecule has 0 unspecified atom stereocenters. The fraction of sp³-hybridized carbons (Fsp3) is 0.364. The van der Waals surface area contributed by atoms with E-state index in [0.29, 0.717) is 24.1 Å². The van der Waals surface area contributed by atoms with Crippen molar-refractivity contribution in [3.8, 4) is 0 Å². The minimum atomic E-state index is -1.16. The maximum absolute atomic E-state index is 11.9. The van der Waals surface area contributed by atoms with E-state index in [1.165, 1.54) is 0 Å². The lowest BCUT2D eigenvalue weighted by Crippen LogP contribution is -2.32. The molecule has 0 aromatic carbocycles. The summed E-state index contributed by atoms with van der Waals surface area (Å²) in [5.41, 5.74) is 7.76. The third-order valence-electron chi connectivity index (χ3n) is 3.19. The topological polar surface area (TPSA) is 145 Å². The van der Waals surface area contributed by atoms with Crippen molar-refractivity contribution in [2.24, 2.45) is 10.4 Å². The van der Waals surface area contributed by atoms with Gasteiger partial charge in [0.2, 0.25) is 0 Å². The second kappa shape index (κ2) is 5.51. The molecule has 0 aliphatic heterocycles. The predicted octanol–water partition coefficient (Wildman–Crippen LogP) is 0.836. The van der Waals surface area contributed by atoms with Crippen LogP contribution in [0.3, 0.4) is 0 Å². The summed E-state index contributed by atoms with van der Waals surface area (Å²) in [6.07, 6.45) is 2.66. The molecule has 0 saturated carbocycles. The standard InChI is InChI=1S/C11H11N5O4/c12-16-14-10(18)8-7(11(19)15-20)5-3-1-2-4-6(5)13-9(8)17/h1-4H2,(H,13,17)(H2,12,14,18). The largest absolute Gasteiger partial charge is 0.325 e. The molecule has 0 spiro atoms. The number of aryl methyl sites for hydroxylation is 1. The molecule has 0 saturated heterocycles. The lowest BCUT2D eigenvalue weighted by atomic mass is 9.89. The van der Waals surface area contributed by atoms with Gasteiger partial charge in [0.25, 0.3) is 11.5 Å². The molecule has 0 fully saturated rings. The molecule has 3 N–H and O–H groups in total. The minimum Gasteiger partial charge on any atom is -0.325 e. The predicted molar refractivity (Wildman–Crippen MR) is 66.4 cm³/mol. The second-order valence-corrected chi connectivity index (χ2v) is 4.32. The molecule has 9 heteroatoms. The van der Waals surface area contributed by atoms with Gasteiger partial charge in [-0.05, 0) is 31.2 Å². The van der Waals surface area contributed by atoms with Crippen LogP contribution in [0.5, 0.6) is 0 Å². The van der Waals surface area contributed by atoms with E-state index in [1.807, 2.05) is 0 Å². The highest BCUT2D eigenvalue weighted by Gasteiger charge is 2.28. The van der Waals surface area contributed by atoms with Crippen molar-refractivity contribution in [3.63, 3.8) is 0 Å². The van der Waals surface area contributed by atoms with Gasteiger partial charge in [0.1, 0.15) is 5.56 Å². The molecule has 104 valence electrons. The average Bonchev–Trinajstić information content (AvgIpc) is 2.45. The lowest BCUT2D eigenvalue weighted by molar-refractivity contribution is 0.0931. The van der Waals surface area contributed by atoms with Crippen molar-refractivity contribution in [1.82, 2.24) is 10.4 Å². The Morgan fingerprint density at radius 1 is 1.20 bits per heavy atom. The van der Waals surface area contributed by atoms with E-state index < -0.39 is 22.9 Å². The quantitative estimate of drug-likeness (QED) is 0.427. The van der Waals surface area contributed by atoms with Gasteiger partial charge in [-0.25, -0.2) is 5.43 Å². The Kier molecular flexibility index (Phi) is 3.78. The molecule has 1 aliphatic carbocycles. The lowest BCUT2D eigenvalue weighted by Gasteiger charge is -2.18. The van der Waals surface area contributed by atoms with Gasteiger partial charge in [-0.3, -0.25) is 14.4 Å². The van der Waals surface area contributed by atoms with Gasteiger partial charge < -0.3 is 4.98 Å². The normalized spacial score (nSPS) is 13.2. The molecule has 9 nitrogen and oxygen atoms in total. The third kappa shape index (κ3) is 2.25. The SMILES string of the molecule is N=NNC(=O)c1c(C(=O)N=O)c2c([nH]c1=O)CCCC2. The van der Waals surface area contributed by atoms with E-state index in [1.54, 1.807) is 5.43 Å². The highest BCUT2D eigenvalue weighted by Crippen LogP contribution is 2.24. The van der Waals surface area contributed by atoms with Gasteiger partial charge in [-0.1, -0.05) is 5.22 Å². The van der Waals surface area contributed by atoms with Crippen LogP contribution in [0.15, 0.2) is 15.2 Å². The maximum atomic E-state index is 11.9.